The van der Waals surface area contributed by atoms with E-state index in [4.69, 9.17) is 4.74 Å². The van der Waals surface area contributed by atoms with Gasteiger partial charge in [0.15, 0.2) is 6.61 Å². The molecule has 0 bridgehead atoms. The minimum absolute atomic E-state index is 0.0292. The number of esters is 1. The van der Waals surface area contributed by atoms with Crippen molar-refractivity contribution >= 4 is 11.9 Å². The monoisotopic (exact) mass is 355 g/mol. The summed E-state index contributed by atoms with van der Waals surface area (Å²) in [6, 6.07) is 13.8. The van der Waals surface area contributed by atoms with E-state index in [1.807, 2.05) is 19.1 Å². The maximum absolute atomic E-state index is 12.0. The summed E-state index contributed by atoms with van der Waals surface area (Å²) in [7, 11) is 0. The van der Waals surface area contributed by atoms with Gasteiger partial charge in [0.25, 0.3) is 5.91 Å². The standard InChI is InChI=1S/C21H25NO4/c1-14(2)11-16-7-9-17(10-8-16)15(3)22-20(24)13-26-21(25)18-5-4-6-19(23)12-18/h4-10,12,14-15,23H,11,13H2,1-3H3,(H,22,24)/t15-/m0/s1. The van der Waals surface area contributed by atoms with Crippen LogP contribution in [-0.4, -0.2) is 23.6 Å². The van der Waals surface area contributed by atoms with Gasteiger partial charge in [0.2, 0.25) is 0 Å². The van der Waals surface area contributed by atoms with Gasteiger partial charge in [-0.2, -0.15) is 0 Å². The van der Waals surface area contributed by atoms with E-state index in [1.54, 1.807) is 0 Å². The molecule has 0 unspecified atom stereocenters. The molecule has 1 amide bonds. The molecule has 0 radical (unpaired) electrons. The van der Waals surface area contributed by atoms with Crippen LogP contribution in [0, 0.1) is 5.92 Å². The van der Waals surface area contributed by atoms with E-state index in [9.17, 15) is 14.7 Å². The Morgan fingerprint density at radius 3 is 2.38 bits per heavy atom. The Bertz CT molecular complexity index is 753. The van der Waals surface area contributed by atoms with Crippen molar-refractivity contribution in [2.45, 2.75) is 33.2 Å². The molecule has 5 heteroatoms. The number of amides is 1. The largest absolute Gasteiger partial charge is 0.508 e. The summed E-state index contributed by atoms with van der Waals surface area (Å²) >= 11 is 0. The number of phenolic OH excluding ortho intramolecular Hbond substituents is 1. The minimum Gasteiger partial charge on any atom is -0.508 e. The second-order valence-corrected chi connectivity index (χ2v) is 6.76. The maximum Gasteiger partial charge on any atom is 0.338 e. The van der Waals surface area contributed by atoms with Crippen LogP contribution in [0.1, 0.15) is 48.3 Å². The number of ether oxygens (including phenoxy) is 1. The zero-order valence-electron chi connectivity index (χ0n) is 15.4. The third-order valence-electron chi connectivity index (χ3n) is 3.92. The van der Waals surface area contributed by atoms with Crippen LogP contribution in [0.3, 0.4) is 0 Å². The average molecular weight is 355 g/mol. The molecule has 0 fully saturated rings. The van der Waals surface area contributed by atoms with E-state index < -0.39 is 5.97 Å². The summed E-state index contributed by atoms with van der Waals surface area (Å²) in [4.78, 5) is 23.9. The van der Waals surface area contributed by atoms with E-state index in [1.165, 1.54) is 29.8 Å². The summed E-state index contributed by atoms with van der Waals surface area (Å²) < 4.78 is 4.98. The lowest BCUT2D eigenvalue weighted by Gasteiger charge is -2.15. The lowest BCUT2D eigenvalue weighted by Crippen LogP contribution is -2.31. The van der Waals surface area contributed by atoms with Gasteiger partial charge in [-0.1, -0.05) is 44.2 Å². The number of hydrogen-bond acceptors (Lipinski definition) is 4. The van der Waals surface area contributed by atoms with Gasteiger partial charge in [0, 0.05) is 0 Å². The van der Waals surface area contributed by atoms with Crippen LogP contribution in [0.2, 0.25) is 0 Å². The fourth-order valence-electron chi connectivity index (χ4n) is 2.63. The molecule has 0 aliphatic carbocycles. The fraction of sp³-hybridized carbons (Fsp3) is 0.333. The molecule has 2 N–H and O–H groups in total. The van der Waals surface area contributed by atoms with Gasteiger partial charge in [0.1, 0.15) is 5.75 Å². The highest BCUT2D eigenvalue weighted by Crippen LogP contribution is 2.16. The van der Waals surface area contributed by atoms with Crippen LogP contribution in [0.25, 0.3) is 0 Å². The Morgan fingerprint density at radius 1 is 1.08 bits per heavy atom. The summed E-state index contributed by atoms with van der Waals surface area (Å²) in [5, 5.41) is 12.2. The Kier molecular flexibility index (Phi) is 6.78. The van der Waals surface area contributed by atoms with Crippen LogP contribution >= 0.6 is 0 Å². The van der Waals surface area contributed by atoms with Gasteiger partial charge in [-0.05, 0) is 48.6 Å². The van der Waals surface area contributed by atoms with Crippen LogP contribution in [0.15, 0.2) is 48.5 Å². The fourth-order valence-corrected chi connectivity index (χ4v) is 2.63. The number of rotatable bonds is 7. The quantitative estimate of drug-likeness (QED) is 0.744. The van der Waals surface area contributed by atoms with Crippen molar-refractivity contribution < 1.29 is 19.4 Å². The summed E-state index contributed by atoms with van der Waals surface area (Å²) in [6.45, 7) is 5.86. The van der Waals surface area contributed by atoms with E-state index in [-0.39, 0.29) is 29.9 Å². The molecule has 138 valence electrons. The Morgan fingerprint density at radius 2 is 1.77 bits per heavy atom. The highest BCUT2D eigenvalue weighted by molar-refractivity contribution is 5.91. The van der Waals surface area contributed by atoms with Gasteiger partial charge in [-0.15, -0.1) is 0 Å². The molecule has 0 aliphatic rings. The maximum atomic E-state index is 12.0. The topological polar surface area (TPSA) is 75.6 Å². The third-order valence-corrected chi connectivity index (χ3v) is 3.92. The highest BCUT2D eigenvalue weighted by atomic mass is 16.5. The van der Waals surface area contributed by atoms with E-state index in [0.717, 1.165) is 12.0 Å². The molecule has 2 rings (SSSR count). The average Bonchev–Trinajstić information content (AvgIpc) is 2.59. The third kappa shape index (κ3) is 5.92. The predicted octanol–water partition coefficient (Wildman–Crippen LogP) is 3.62. The first kappa shape index (κ1) is 19.5. The molecule has 0 aliphatic heterocycles. The SMILES string of the molecule is CC(C)Cc1ccc([C@H](C)NC(=O)COC(=O)c2cccc(O)c2)cc1. The van der Waals surface area contributed by atoms with Gasteiger partial charge >= 0.3 is 5.97 Å². The van der Waals surface area contributed by atoms with Gasteiger partial charge in [0.05, 0.1) is 11.6 Å². The summed E-state index contributed by atoms with van der Waals surface area (Å²) in [5.41, 5.74) is 2.46. The van der Waals surface area contributed by atoms with Gasteiger partial charge < -0.3 is 15.2 Å². The molecule has 0 saturated heterocycles. The van der Waals surface area contributed by atoms with Gasteiger partial charge in [-0.25, -0.2) is 4.79 Å². The van der Waals surface area contributed by atoms with E-state index >= 15 is 0 Å². The number of carbonyl (C=O) groups excluding carboxylic acids is 2. The molecule has 0 saturated carbocycles. The lowest BCUT2D eigenvalue weighted by molar-refractivity contribution is -0.124. The van der Waals surface area contributed by atoms with Crippen LogP contribution < -0.4 is 5.32 Å². The molecule has 0 spiro atoms. The van der Waals surface area contributed by atoms with Crippen molar-refractivity contribution in [3.8, 4) is 5.75 Å². The molecule has 1 atom stereocenters. The molecule has 2 aromatic carbocycles. The van der Waals surface area contributed by atoms with Crippen molar-refractivity contribution in [2.24, 2.45) is 5.92 Å². The first-order chi connectivity index (χ1) is 12.3. The molecule has 2 aromatic rings. The number of phenols is 1. The first-order valence-electron chi connectivity index (χ1n) is 8.69. The molecular weight excluding hydrogens is 330 g/mol. The second-order valence-electron chi connectivity index (χ2n) is 6.76. The normalized spacial score (nSPS) is 11.8. The molecule has 0 aromatic heterocycles. The van der Waals surface area contributed by atoms with Crippen molar-refractivity contribution in [1.82, 2.24) is 5.32 Å². The Balaban J connectivity index is 1.84. The number of nitrogens with one attached hydrogen (secondary N) is 1. The van der Waals surface area contributed by atoms with Crippen LogP contribution in [0.5, 0.6) is 5.75 Å². The van der Waals surface area contributed by atoms with Crippen molar-refractivity contribution in [1.29, 1.82) is 0 Å². The first-order valence-corrected chi connectivity index (χ1v) is 8.69. The Labute approximate surface area is 154 Å². The molecule has 0 heterocycles. The molecular formula is C21H25NO4. The van der Waals surface area contributed by atoms with Crippen molar-refractivity contribution in [2.75, 3.05) is 6.61 Å². The van der Waals surface area contributed by atoms with E-state index in [2.05, 4.69) is 31.3 Å². The van der Waals surface area contributed by atoms with Gasteiger partial charge in [-0.3, -0.25) is 4.79 Å². The molecule has 26 heavy (non-hydrogen) atoms. The number of hydrogen-bond donors (Lipinski definition) is 2. The lowest BCUT2D eigenvalue weighted by atomic mass is 10.00. The number of aromatic hydroxyl groups is 1. The number of benzene rings is 2. The minimum atomic E-state index is -0.651. The molecule has 5 nitrogen and oxygen atoms in total. The van der Waals surface area contributed by atoms with E-state index in [0.29, 0.717) is 5.92 Å². The predicted molar refractivity (Wildman–Crippen MR) is 99.9 cm³/mol. The number of carbonyl (C=O) groups is 2. The van der Waals surface area contributed by atoms with Crippen molar-refractivity contribution in [3.63, 3.8) is 0 Å². The second kappa shape index (κ2) is 9.04. The Hall–Kier alpha value is -2.82. The smallest absolute Gasteiger partial charge is 0.338 e. The zero-order valence-corrected chi connectivity index (χ0v) is 15.4. The summed E-state index contributed by atoms with van der Waals surface area (Å²) in [5.74, 6) is -0.461. The zero-order chi connectivity index (χ0) is 19.1. The highest BCUT2D eigenvalue weighted by Gasteiger charge is 2.13. The van der Waals surface area contributed by atoms with Crippen molar-refractivity contribution in [3.05, 3.63) is 65.2 Å². The van der Waals surface area contributed by atoms with Crippen LogP contribution in [-0.2, 0) is 16.0 Å². The summed E-state index contributed by atoms with van der Waals surface area (Å²) in [6.07, 6.45) is 1.02. The van der Waals surface area contributed by atoms with Crippen LogP contribution in [0.4, 0.5) is 0 Å².